The van der Waals surface area contributed by atoms with Crippen LogP contribution in [0, 0.1) is 5.92 Å². The minimum absolute atomic E-state index is 0.218. The second-order valence-electron chi connectivity index (χ2n) is 1.97. The molecule has 0 spiro atoms. The van der Waals surface area contributed by atoms with Crippen molar-refractivity contribution in [2.45, 2.75) is 13.3 Å². The van der Waals surface area contributed by atoms with Crippen molar-refractivity contribution in [2.75, 3.05) is 6.54 Å². The van der Waals surface area contributed by atoms with E-state index in [0.717, 1.165) is 0 Å². The van der Waals surface area contributed by atoms with E-state index in [1.165, 1.54) is 0 Å². The first-order valence-electron chi connectivity index (χ1n) is 3.12. The van der Waals surface area contributed by atoms with Gasteiger partial charge in [-0.1, -0.05) is 6.92 Å². The van der Waals surface area contributed by atoms with E-state index in [4.69, 9.17) is 5.11 Å². The summed E-state index contributed by atoms with van der Waals surface area (Å²) in [7, 11) is 0. The fourth-order valence-corrected chi connectivity index (χ4v) is 0.597. The van der Waals surface area contributed by atoms with Crippen LogP contribution in [0.5, 0.6) is 0 Å². The Bertz CT molecular complexity index is 124. The highest BCUT2D eigenvalue weighted by Crippen LogP contribution is 1.99. The van der Waals surface area contributed by atoms with E-state index >= 15 is 0 Å². The Labute approximate surface area is 59.2 Å². The highest BCUT2D eigenvalue weighted by molar-refractivity contribution is 5.70. The average molecular weight is 145 g/mol. The molecule has 1 amide bonds. The lowest BCUT2D eigenvalue weighted by Crippen LogP contribution is -2.26. The molecule has 0 heterocycles. The van der Waals surface area contributed by atoms with Crippen LogP contribution in [-0.2, 0) is 9.59 Å². The molecular formula is C6H11NO3. The van der Waals surface area contributed by atoms with Gasteiger partial charge in [-0.3, -0.25) is 9.59 Å². The van der Waals surface area contributed by atoms with Gasteiger partial charge < -0.3 is 10.4 Å². The Morgan fingerprint density at radius 2 is 2.40 bits per heavy atom. The molecule has 0 aliphatic carbocycles. The summed E-state index contributed by atoms with van der Waals surface area (Å²) < 4.78 is 0. The first kappa shape index (κ1) is 8.94. The first-order valence-corrected chi connectivity index (χ1v) is 3.12. The molecule has 0 aliphatic rings. The predicted molar refractivity (Wildman–Crippen MR) is 35.5 cm³/mol. The minimum Gasteiger partial charge on any atom is -0.481 e. The quantitative estimate of drug-likeness (QED) is 0.528. The molecular weight excluding hydrogens is 134 g/mol. The van der Waals surface area contributed by atoms with E-state index in [0.29, 0.717) is 12.8 Å². The van der Waals surface area contributed by atoms with Crippen molar-refractivity contribution in [3.63, 3.8) is 0 Å². The van der Waals surface area contributed by atoms with Crippen molar-refractivity contribution in [3.05, 3.63) is 0 Å². The molecule has 0 aromatic carbocycles. The Morgan fingerprint density at radius 3 is 2.70 bits per heavy atom. The molecule has 0 bridgehead atoms. The summed E-state index contributed by atoms with van der Waals surface area (Å²) in [5.74, 6) is -1.32. The van der Waals surface area contributed by atoms with Gasteiger partial charge in [0.25, 0.3) is 0 Å². The van der Waals surface area contributed by atoms with Gasteiger partial charge in [0, 0.05) is 6.54 Å². The Morgan fingerprint density at radius 1 is 1.80 bits per heavy atom. The molecule has 0 saturated carbocycles. The van der Waals surface area contributed by atoms with E-state index in [1.807, 2.05) is 0 Å². The molecule has 0 saturated heterocycles. The highest BCUT2D eigenvalue weighted by Gasteiger charge is 2.13. The molecule has 4 heteroatoms. The molecule has 58 valence electrons. The molecule has 0 aliphatic heterocycles. The molecule has 0 fully saturated rings. The smallest absolute Gasteiger partial charge is 0.308 e. The number of rotatable bonds is 5. The van der Waals surface area contributed by atoms with Crippen molar-refractivity contribution in [1.82, 2.24) is 5.32 Å². The molecule has 0 rings (SSSR count). The van der Waals surface area contributed by atoms with Crippen LogP contribution in [0.15, 0.2) is 0 Å². The summed E-state index contributed by atoms with van der Waals surface area (Å²) in [5.41, 5.74) is 0. The number of aliphatic carboxylic acids is 1. The Balaban J connectivity index is 3.60. The zero-order chi connectivity index (χ0) is 7.98. The van der Waals surface area contributed by atoms with Crippen molar-refractivity contribution in [1.29, 1.82) is 0 Å². The number of carboxylic acid groups (broad SMARTS) is 1. The molecule has 1 atom stereocenters. The van der Waals surface area contributed by atoms with E-state index < -0.39 is 11.9 Å². The van der Waals surface area contributed by atoms with E-state index in [1.54, 1.807) is 6.92 Å². The molecule has 0 aromatic rings. The van der Waals surface area contributed by atoms with Gasteiger partial charge in [0.05, 0.1) is 5.92 Å². The van der Waals surface area contributed by atoms with Gasteiger partial charge in [-0.2, -0.15) is 0 Å². The van der Waals surface area contributed by atoms with Gasteiger partial charge in [-0.15, -0.1) is 0 Å². The van der Waals surface area contributed by atoms with Crippen LogP contribution in [-0.4, -0.2) is 24.0 Å². The number of carbonyl (C=O) groups excluding carboxylic acids is 1. The normalized spacial score (nSPS) is 12.1. The average Bonchev–Trinajstić information content (AvgIpc) is 1.89. The first-order chi connectivity index (χ1) is 4.72. The van der Waals surface area contributed by atoms with Crippen LogP contribution in [0.2, 0.25) is 0 Å². The largest absolute Gasteiger partial charge is 0.481 e. The lowest BCUT2D eigenvalue weighted by molar-refractivity contribution is -0.141. The maximum atomic E-state index is 10.3. The summed E-state index contributed by atoms with van der Waals surface area (Å²) in [5, 5.41) is 10.8. The number of hydrogen-bond acceptors (Lipinski definition) is 2. The number of nitrogens with one attached hydrogen (secondary N) is 1. The van der Waals surface area contributed by atoms with Crippen LogP contribution in [0.1, 0.15) is 13.3 Å². The number of hydrogen-bond donors (Lipinski definition) is 2. The van der Waals surface area contributed by atoms with Gasteiger partial charge in [0.2, 0.25) is 6.41 Å². The standard InChI is InChI=1S/C6H11NO3/c1-2-5(6(9)10)3-7-4-8/h4-5H,2-3H2,1H3,(H,7,8)(H,9,10). The Kier molecular flexibility index (Phi) is 4.28. The zero-order valence-electron chi connectivity index (χ0n) is 5.83. The maximum Gasteiger partial charge on any atom is 0.308 e. The summed E-state index contributed by atoms with van der Waals surface area (Å²) in [4.78, 5) is 20.0. The van der Waals surface area contributed by atoms with E-state index in [2.05, 4.69) is 5.32 Å². The van der Waals surface area contributed by atoms with Crippen molar-refractivity contribution < 1.29 is 14.7 Å². The summed E-state index contributed by atoms with van der Waals surface area (Å²) >= 11 is 0. The molecule has 1 unspecified atom stereocenters. The minimum atomic E-state index is -0.864. The summed E-state index contributed by atoms with van der Waals surface area (Å²) in [6.07, 6.45) is 1.04. The van der Waals surface area contributed by atoms with Gasteiger partial charge in [0.1, 0.15) is 0 Å². The fraction of sp³-hybridized carbons (Fsp3) is 0.667. The third-order valence-corrected chi connectivity index (χ3v) is 1.29. The van der Waals surface area contributed by atoms with Gasteiger partial charge >= 0.3 is 5.97 Å². The number of carboxylic acids is 1. The van der Waals surface area contributed by atoms with Crippen LogP contribution in [0.4, 0.5) is 0 Å². The second kappa shape index (κ2) is 4.78. The monoisotopic (exact) mass is 145 g/mol. The van der Waals surface area contributed by atoms with E-state index in [-0.39, 0.29) is 6.54 Å². The number of amides is 1. The van der Waals surface area contributed by atoms with Crippen molar-refractivity contribution in [2.24, 2.45) is 5.92 Å². The maximum absolute atomic E-state index is 10.3. The van der Waals surface area contributed by atoms with Crippen LogP contribution in [0.3, 0.4) is 0 Å². The number of carbonyl (C=O) groups is 2. The predicted octanol–water partition coefficient (Wildman–Crippen LogP) is -0.157. The van der Waals surface area contributed by atoms with Gasteiger partial charge in [-0.05, 0) is 6.42 Å². The lowest BCUT2D eigenvalue weighted by Gasteiger charge is -2.06. The zero-order valence-corrected chi connectivity index (χ0v) is 5.83. The Hall–Kier alpha value is -1.06. The van der Waals surface area contributed by atoms with E-state index in [9.17, 15) is 9.59 Å². The molecule has 0 aromatic heterocycles. The lowest BCUT2D eigenvalue weighted by atomic mass is 10.1. The SMILES string of the molecule is CCC(CNC=O)C(=O)O. The molecule has 0 radical (unpaired) electrons. The van der Waals surface area contributed by atoms with Gasteiger partial charge in [-0.25, -0.2) is 0 Å². The third kappa shape index (κ3) is 3.06. The van der Waals surface area contributed by atoms with Crippen LogP contribution < -0.4 is 5.32 Å². The van der Waals surface area contributed by atoms with Crippen molar-refractivity contribution >= 4 is 12.4 Å². The summed E-state index contributed by atoms with van der Waals surface area (Å²) in [6.45, 7) is 1.99. The fourth-order valence-electron chi connectivity index (χ4n) is 0.597. The molecule has 10 heavy (non-hydrogen) atoms. The van der Waals surface area contributed by atoms with Crippen molar-refractivity contribution in [3.8, 4) is 0 Å². The van der Waals surface area contributed by atoms with Crippen LogP contribution >= 0.6 is 0 Å². The van der Waals surface area contributed by atoms with Crippen LogP contribution in [0.25, 0.3) is 0 Å². The second-order valence-corrected chi connectivity index (χ2v) is 1.97. The molecule has 2 N–H and O–H groups in total. The van der Waals surface area contributed by atoms with Gasteiger partial charge in [0.15, 0.2) is 0 Å². The molecule has 4 nitrogen and oxygen atoms in total. The topological polar surface area (TPSA) is 66.4 Å². The summed E-state index contributed by atoms with van der Waals surface area (Å²) in [6, 6.07) is 0. The highest BCUT2D eigenvalue weighted by atomic mass is 16.4. The third-order valence-electron chi connectivity index (χ3n) is 1.29.